The Labute approximate surface area is 165 Å². The third-order valence-electron chi connectivity index (χ3n) is 4.87. The topological polar surface area (TPSA) is 93.2 Å². The molecular formula is C19H26N2O6S. The van der Waals surface area contributed by atoms with Crippen LogP contribution in [0.3, 0.4) is 0 Å². The summed E-state index contributed by atoms with van der Waals surface area (Å²) >= 11 is 0. The van der Waals surface area contributed by atoms with Crippen molar-refractivity contribution in [3.05, 3.63) is 29.8 Å². The fourth-order valence-corrected chi connectivity index (χ4v) is 5.11. The quantitative estimate of drug-likeness (QED) is 0.679. The first kappa shape index (κ1) is 20.8. The Balaban J connectivity index is 1.62. The van der Waals surface area contributed by atoms with Crippen LogP contribution in [0.4, 0.5) is 0 Å². The second kappa shape index (κ2) is 8.59. The summed E-state index contributed by atoms with van der Waals surface area (Å²) in [5.41, 5.74) is 0.108. The highest BCUT2D eigenvalue weighted by molar-refractivity contribution is 7.89. The lowest BCUT2D eigenvalue weighted by molar-refractivity contribution is -0.146. The molecule has 3 rings (SSSR count). The van der Waals surface area contributed by atoms with E-state index in [9.17, 15) is 18.0 Å². The van der Waals surface area contributed by atoms with E-state index < -0.39 is 16.0 Å². The summed E-state index contributed by atoms with van der Waals surface area (Å²) in [6.07, 6.45) is 1.52. The fourth-order valence-electron chi connectivity index (χ4n) is 3.54. The number of carbonyl (C=O) groups excluding carboxylic acids is 2. The Morgan fingerprint density at radius 3 is 2.43 bits per heavy atom. The first-order chi connectivity index (χ1) is 13.3. The summed E-state index contributed by atoms with van der Waals surface area (Å²) in [6.45, 7) is 5.25. The van der Waals surface area contributed by atoms with Crippen molar-refractivity contribution in [1.82, 2.24) is 9.21 Å². The first-order valence-electron chi connectivity index (χ1n) is 9.48. The zero-order chi connectivity index (χ0) is 20.3. The van der Waals surface area contributed by atoms with Crippen molar-refractivity contribution in [2.75, 3.05) is 32.8 Å². The van der Waals surface area contributed by atoms with Crippen LogP contribution in [0.15, 0.2) is 29.2 Å². The van der Waals surface area contributed by atoms with Gasteiger partial charge in [0.05, 0.1) is 22.7 Å². The van der Waals surface area contributed by atoms with Gasteiger partial charge in [-0.2, -0.15) is 4.31 Å². The molecule has 1 aromatic carbocycles. The average Bonchev–Trinajstić information content (AvgIpc) is 3.21. The zero-order valence-corrected chi connectivity index (χ0v) is 17.0. The van der Waals surface area contributed by atoms with Crippen LogP contribution in [0.2, 0.25) is 0 Å². The predicted molar refractivity (Wildman–Crippen MR) is 101 cm³/mol. The van der Waals surface area contributed by atoms with Crippen LogP contribution in [0.5, 0.6) is 0 Å². The number of hydrogen-bond acceptors (Lipinski definition) is 6. The second-order valence-corrected chi connectivity index (χ2v) is 9.21. The molecule has 0 saturated carbocycles. The highest BCUT2D eigenvalue weighted by Crippen LogP contribution is 2.22. The largest absolute Gasteiger partial charge is 0.452 e. The van der Waals surface area contributed by atoms with Gasteiger partial charge in [-0.05, 0) is 44.9 Å². The van der Waals surface area contributed by atoms with Crippen molar-refractivity contribution in [2.45, 2.75) is 43.8 Å². The van der Waals surface area contributed by atoms with Gasteiger partial charge in [0.2, 0.25) is 10.0 Å². The molecule has 2 aliphatic rings. The molecule has 0 spiro atoms. The Kier molecular flexibility index (Phi) is 6.36. The van der Waals surface area contributed by atoms with Crippen LogP contribution < -0.4 is 0 Å². The van der Waals surface area contributed by atoms with E-state index in [1.54, 1.807) is 4.90 Å². The van der Waals surface area contributed by atoms with Gasteiger partial charge in [0.15, 0.2) is 6.61 Å². The maximum absolute atomic E-state index is 12.6. The molecule has 2 heterocycles. The molecular weight excluding hydrogens is 384 g/mol. The van der Waals surface area contributed by atoms with E-state index in [2.05, 4.69) is 0 Å². The van der Waals surface area contributed by atoms with Crippen LogP contribution in [0, 0.1) is 0 Å². The molecule has 154 valence electrons. The van der Waals surface area contributed by atoms with Gasteiger partial charge in [0, 0.05) is 26.2 Å². The van der Waals surface area contributed by atoms with Crippen LogP contribution in [0.25, 0.3) is 0 Å². The van der Waals surface area contributed by atoms with Crippen molar-refractivity contribution in [3.63, 3.8) is 0 Å². The summed E-state index contributed by atoms with van der Waals surface area (Å²) in [5.74, 6) is -1.02. The number of benzene rings is 1. The molecule has 8 nitrogen and oxygen atoms in total. The number of carbonyl (C=O) groups is 2. The van der Waals surface area contributed by atoms with Gasteiger partial charge in [-0.25, -0.2) is 13.2 Å². The lowest BCUT2D eigenvalue weighted by Gasteiger charge is -2.35. The van der Waals surface area contributed by atoms with Gasteiger partial charge in [-0.15, -0.1) is 0 Å². The molecule has 28 heavy (non-hydrogen) atoms. The standard InChI is InChI=1S/C19H26N2O6S/c1-14-11-20(12-15(2)27-14)18(22)13-26-19(23)16-6-5-7-17(10-16)28(24,25)21-8-3-4-9-21/h5-7,10,14-15H,3-4,8-9,11-13H2,1-2H3/t14-,15-/m1/s1. The fraction of sp³-hybridized carbons (Fsp3) is 0.579. The maximum Gasteiger partial charge on any atom is 0.338 e. The van der Waals surface area contributed by atoms with Crippen molar-refractivity contribution < 1.29 is 27.5 Å². The molecule has 2 atom stereocenters. The third-order valence-corrected chi connectivity index (χ3v) is 6.77. The predicted octanol–water partition coefficient (Wildman–Crippen LogP) is 1.26. The van der Waals surface area contributed by atoms with E-state index in [1.165, 1.54) is 28.6 Å². The lowest BCUT2D eigenvalue weighted by Crippen LogP contribution is -2.49. The second-order valence-electron chi connectivity index (χ2n) is 7.27. The molecule has 9 heteroatoms. The number of amides is 1. The van der Waals surface area contributed by atoms with Gasteiger partial charge >= 0.3 is 5.97 Å². The normalized spacial score (nSPS) is 23.6. The minimum atomic E-state index is -3.62. The summed E-state index contributed by atoms with van der Waals surface area (Å²) in [4.78, 5) is 26.3. The van der Waals surface area contributed by atoms with Crippen LogP contribution >= 0.6 is 0 Å². The number of ether oxygens (including phenoxy) is 2. The summed E-state index contributed by atoms with van der Waals surface area (Å²) < 4.78 is 37.4. The van der Waals surface area contributed by atoms with E-state index in [1.807, 2.05) is 13.8 Å². The van der Waals surface area contributed by atoms with Crippen LogP contribution in [-0.4, -0.2) is 74.5 Å². The first-order valence-corrected chi connectivity index (χ1v) is 10.9. The zero-order valence-electron chi connectivity index (χ0n) is 16.2. The maximum atomic E-state index is 12.6. The minimum Gasteiger partial charge on any atom is -0.452 e. The molecule has 1 amide bonds. The van der Waals surface area contributed by atoms with E-state index >= 15 is 0 Å². The molecule has 0 unspecified atom stereocenters. The summed E-state index contributed by atoms with van der Waals surface area (Å²) in [5, 5.41) is 0. The lowest BCUT2D eigenvalue weighted by atomic mass is 10.2. The smallest absolute Gasteiger partial charge is 0.338 e. The van der Waals surface area contributed by atoms with Crippen LogP contribution in [-0.2, 0) is 24.3 Å². The number of sulfonamides is 1. The minimum absolute atomic E-state index is 0.0611. The Morgan fingerprint density at radius 2 is 1.79 bits per heavy atom. The molecule has 2 saturated heterocycles. The molecule has 0 N–H and O–H groups in total. The SMILES string of the molecule is C[C@@H]1CN(C(=O)COC(=O)c2cccc(S(=O)(=O)N3CCCC3)c2)C[C@@H](C)O1. The van der Waals surface area contributed by atoms with Gasteiger partial charge in [0.25, 0.3) is 5.91 Å². The molecule has 2 fully saturated rings. The van der Waals surface area contributed by atoms with Crippen molar-refractivity contribution in [3.8, 4) is 0 Å². The van der Waals surface area contributed by atoms with Gasteiger partial charge in [-0.1, -0.05) is 6.07 Å². The van der Waals surface area contributed by atoms with Crippen LogP contribution in [0.1, 0.15) is 37.0 Å². The number of rotatable bonds is 5. The number of morpholine rings is 1. The Bertz CT molecular complexity index is 825. The highest BCUT2D eigenvalue weighted by Gasteiger charge is 2.29. The van der Waals surface area contributed by atoms with Crippen molar-refractivity contribution >= 4 is 21.9 Å². The van der Waals surface area contributed by atoms with Crippen molar-refractivity contribution in [1.29, 1.82) is 0 Å². The van der Waals surface area contributed by atoms with E-state index in [0.717, 1.165) is 12.8 Å². The summed E-state index contributed by atoms with van der Waals surface area (Å²) in [7, 11) is -3.62. The Morgan fingerprint density at radius 1 is 1.14 bits per heavy atom. The molecule has 2 aliphatic heterocycles. The number of nitrogens with zero attached hydrogens (tertiary/aromatic N) is 2. The van der Waals surface area contributed by atoms with Gasteiger partial charge in [-0.3, -0.25) is 4.79 Å². The molecule has 0 aliphatic carbocycles. The van der Waals surface area contributed by atoms with E-state index in [-0.39, 0.29) is 35.2 Å². The number of hydrogen-bond donors (Lipinski definition) is 0. The molecule has 0 aromatic heterocycles. The molecule has 0 bridgehead atoms. The van der Waals surface area contributed by atoms with Gasteiger partial charge < -0.3 is 14.4 Å². The van der Waals surface area contributed by atoms with Gasteiger partial charge in [0.1, 0.15) is 0 Å². The molecule has 1 aromatic rings. The third kappa shape index (κ3) is 4.71. The Hall–Kier alpha value is -1.97. The monoisotopic (exact) mass is 410 g/mol. The van der Waals surface area contributed by atoms with E-state index in [0.29, 0.717) is 26.2 Å². The van der Waals surface area contributed by atoms with E-state index in [4.69, 9.17) is 9.47 Å². The summed E-state index contributed by atoms with van der Waals surface area (Å²) in [6, 6.07) is 5.76. The average molecular weight is 410 g/mol. The number of esters is 1. The van der Waals surface area contributed by atoms with Crippen molar-refractivity contribution in [2.24, 2.45) is 0 Å². The molecule has 0 radical (unpaired) electrons. The highest BCUT2D eigenvalue weighted by atomic mass is 32.2.